The van der Waals surface area contributed by atoms with E-state index in [0.29, 0.717) is 40.1 Å². The molecule has 1 aliphatic heterocycles. The molecule has 35 heavy (non-hydrogen) atoms. The summed E-state index contributed by atoms with van der Waals surface area (Å²) >= 11 is 0. The number of nitrogens with zero attached hydrogens (tertiary/aromatic N) is 2. The summed E-state index contributed by atoms with van der Waals surface area (Å²) < 4.78 is 27.4. The van der Waals surface area contributed by atoms with E-state index in [2.05, 4.69) is 15.3 Å². The fourth-order valence-electron chi connectivity index (χ4n) is 3.73. The quantitative estimate of drug-likeness (QED) is 0.490. The van der Waals surface area contributed by atoms with Crippen LogP contribution in [-0.2, 0) is 4.79 Å². The molecule has 9 heteroatoms. The highest BCUT2D eigenvalue weighted by atomic mass is 16.5. The van der Waals surface area contributed by atoms with Crippen LogP contribution in [0, 0.1) is 0 Å². The summed E-state index contributed by atoms with van der Waals surface area (Å²) in [6.45, 7) is 3.93. The van der Waals surface area contributed by atoms with Gasteiger partial charge in [0.1, 0.15) is 17.3 Å². The Balaban J connectivity index is 1.74. The van der Waals surface area contributed by atoms with E-state index in [4.69, 9.17) is 23.7 Å². The van der Waals surface area contributed by atoms with Crippen molar-refractivity contribution in [1.82, 2.24) is 10.3 Å². The third-order valence-electron chi connectivity index (χ3n) is 5.27. The minimum absolute atomic E-state index is 0.0527. The van der Waals surface area contributed by atoms with Gasteiger partial charge in [0, 0.05) is 22.6 Å². The molecular formula is C26H27N3O6. The van der Waals surface area contributed by atoms with Crippen molar-refractivity contribution in [2.24, 2.45) is 4.99 Å². The molecule has 0 unspecified atom stereocenters. The molecule has 2 heterocycles. The van der Waals surface area contributed by atoms with Gasteiger partial charge < -0.3 is 29.0 Å². The molecule has 9 nitrogen and oxygen atoms in total. The molecule has 0 aliphatic carbocycles. The Morgan fingerprint density at radius 1 is 0.914 bits per heavy atom. The van der Waals surface area contributed by atoms with Gasteiger partial charge in [0.15, 0.2) is 11.5 Å². The smallest absolute Gasteiger partial charge is 0.275 e. The number of methoxy groups -OCH3 is 4. The number of pyridine rings is 1. The Kier molecular flexibility index (Phi) is 6.77. The van der Waals surface area contributed by atoms with Crippen molar-refractivity contribution in [1.29, 1.82) is 0 Å². The molecule has 1 aromatic heterocycles. The van der Waals surface area contributed by atoms with E-state index in [-0.39, 0.29) is 17.7 Å². The van der Waals surface area contributed by atoms with Crippen LogP contribution in [0.1, 0.15) is 25.0 Å². The van der Waals surface area contributed by atoms with Crippen molar-refractivity contribution < 1.29 is 28.5 Å². The number of carbonyl (C=O) groups excluding carboxylic acids is 1. The Morgan fingerprint density at radius 3 is 2.23 bits per heavy atom. The molecule has 0 saturated carbocycles. The van der Waals surface area contributed by atoms with E-state index in [0.717, 1.165) is 16.7 Å². The van der Waals surface area contributed by atoms with Crippen molar-refractivity contribution in [3.63, 3.8) is 0 Å². The van der Waals surface area contributed by atoms with E-state index in [9.17, 15) is 4.79 Å². The molecule has 182 valence electrons. The number of carbonyl (C=O) groups is 1. The Morgan fingerprint density at radius 2 is 1.63 bits per heavy atom. The molecule has 0 radical (unpaired) electrons. The van der Waals surface area contributed by atoms with Gasteiger partial charge in [-0.1, -0.05) is 0 Å². The van der Waals surface area contributed by atoms with Gasteiger partial charge >= 0.3 is 0 Å². The molecule has 0 atom stereocenters. The summed E-state index contributed by atoms with van der Waals surface area (Å²) in [7, 11) is 6.11. The number of aromatic nitrogens is 1. The lowest BCUT2D eigenvalue weighted by molar-refractivity contribution is -0.115. The zero-order chi connectivity index (χ0) is 25.1. The first kappa shape index (κ1) is 23.9. The van der Waals surface area contributed by atoms with Crippen LogP contribution >= 0.6 is 0 Å². The summed E-state index contributed by atoms with van der Waals surface area (Å²) in [5.41, 5.74) is 2.17. The molecule has 1 N–H and O–H groups in total. The predicted octanol–water partition coefficient (Wildman–Crippen LogP) is 3.97. The first-order valence-corrected chi connectivity index (χ1v) is 10.9. The monoisotopic (exact) mass is 477 g/mol. The van der Waals surface area contributed by atoms with Crippen molar-refractivity contribution >= 4 is 28.7 Å². The maximum Gasteiger partial charge on any atom is 0.275 e. The predicted molar refractivity (Wildman–Crippen MR) is 133 cm³/mol. The average Bonchev–Trinajstić information content (AvgIpc) is 3.22. The summed E-state index contributed by atoms with van der Waals surface area (Å²) in [4.78, 5) is 21.8. The highest BCUT2D eigenvalue weighted by molar-refractivity contribution is 6.20. The highest BCUT2D eigenvalue weighted by Gasteiger charge is 2.24. The van der Waals surface area contributed by atoms with Crippen molar-refractivity contribution in [3.8, 4) is 28.9 Å². The molecule has 0 spiro atoms. The second-order valence-corrected chi connectivity index (χ2v) is 7.97. The lowest BCUT2D eigenvalue weighted by Crippen LogP contribution is -2.24. The van der Waals surface area contributed by atoms with E-state index < -0.39 is 0 Å². The third-order valence-corrected chi connectivity index (χ3v) is 5.27. The minimum Gasteiger partial charge on any atom is -0.493 e. The Hall–Kier alpha value is -4.27. The van der Waals surface area contributed by atoms with Crippen LogP contribution in [0.5, 0.6) is 28.9 Å². The van der Waals surface area contributed by atoms with Crippen LogP contribution in [0.2, 0.25) is 0 Å². The number of hydrogen-bond donors (Lipinski definition) is 1. The molecule has 0 fully saturated rings. The maximum absolute atomic E-state index is 12.7. The highest BCUT2D eigenvalue weighted by Crippen LogP contribution is 2.38. The number of benzene rings is 2. The number of rotatable bonds is 8. The fraction of sp³-hybridized carbons (Fsp3) is 0.269. The average molecular weight is 478 g/mol. The van der Waals surface area contributed by atoms with E-state index in [1.807, 2.05) is 38.1 Å². The number of amidine groups is 1. The van der Waals surface area contributed by atoms with Crippen molar-refractivity contribution in [2.75, 3.05) is 28.4 Å². The van der Waals surface area contributed by atoms with Crippen LogP contribution in [0.25, 0.3) is 17.0 Å². The zero-order valence-electron chi connectivity index (χ0n) is 20.5. The molecule has 0 saturated heterocycles. The number of aliphatic imine (C=N–C) groups is 1. The van der Waals surface area contributed by atoms with E-state index in [1.165, 1.54) is 28.4 Å². The van der Waals surface area contributed by atoms with Crippen LogP contribution in [0.3, 0.4) is 0 Å². The SMILES string of the molecule is COc1cc(C2=NC(=Cc3cc4ccc(OC(C)C)cc4nc3OC)C(=O)N2)cc(OC)c1OC. The lowest BCUT2D eigenvalue weighted by Gasteiger charge is -2.13. The summed E-state index contributed by atoms with van der Waals surface area (Å²) in [6, 6.07) is 11.0. The van der Waals surface area contributed by atoms with Gasteiger partial charge in [0.05, 0.1) is 40.1 Å². The van der Waals surface area contributed by atoms with Gasteiger partial charge in [0.25, 0.3) is 5.91 Å². The molecule has 2 aromatic carbocycles. The number of ether oxygens (including phenoxy) is 5. The summed E-state index contributed by atoms with van der Waals surface area (Å²) in [6.07, 6.45) is 1.70. The summed E-state index contributed by atoms with van der Waals surface area (Å²) in [5, 5.41) is 3.67. The van der Waals surface area contributed by atoms with Crippen LogP contribution in [0.4, 0.5) is 0 Å². The second kappa shape index (κ2) is 9.92. The molecule has 4 rings (SSSR count). The van der Waals surface area contributed by atoms with E-state index >= 15 is 0 Å². The van der Waals surface area contributed by atoms with Crippen LogP contribution < -0.4 is 29.0 Å². The second-order valence-electron chi connectivity index (χ2n) is 7.97. The first-order chi connectivity index (χ1) is 16.9. The lowest BCUT2D eigenvalue weighted by atomic mass is 10.1. The number of hydrogen-bond acceptors (Lipinski definition) is 8. The number of nitrogens with one attached hydrogen (secondary N) is 1. The van der Waals surface area contributed by atoms with Gasteiger partial charge in [0.2, 0.25) is 11.6 Å². The van der Waals surface area contributed by atoms with Gasteiger partial charge in [-0.2, -0.15) is 0 Å². The Bertz CT molecular complexity index is 1320. The van der Waals surface area contributed by atoms with E-state index in [1.54, 1.807) is 18.2 Å². The van der Waals surface area contributed by atoms with Crippen molar-refractivity contribution in [2.45, 2.75) is 20.0 Å². The normalized spacial score (nSPS) is 14.2. The molecule has 1 aliphatic rings. The standard InChI is InChI=1S/C26H27N3O6/c1-14(2)35-18-8-7-15-9-17(26(34-6)28-19(15)13-18)10-20-25(30)29-24(27-20)16-11-21(31-3)23(33-5)22(12-16)32-4/h7-14H,1-6H3,(H,27,29,30). The molecule has 3 aromatic rings. The molecule has 1 amide bonds. The molecular weight excluding hydrogens is 450 g/mol. The largest absolute Gasteiger partial charge is 0.493 e. The number of fused-ring (bicyclic) bond motifs is 1. The summed E-state index contributed by atoms with van der Waals surface area (Å²) in [5.74, 6) is 2.47. The van der Waals surface area contributed by atoms with Gasteiger partial charge in [-0.25, -0.2) is 9.98 Å². The number of amides is 1. The zero-order valence-corrected chi connectivity index (χ0v) is 20.5. The minimum atomic E-state index is -0.350. The topological polar surface area (TPSA) is 100 Å². The maximum atomic E-state index is 12.7. The van der Waals surface area contributed by atoms with Crippen molar-refractivity contribution in [3.05, 3.63) is 53.2 Å². The third kappa shape index (κ3) is 4.84. The van der Waals surface area contributed by atoms with Crippen LogP contribution in [-0.4, -0.2) is 51.3 Å². The van der Waals surface area contributed by atoms with Crippen LogP contribution in [0.15, 0.2) is 47.1 Å². The molecule has 0 bridgehead atoms. The Labute approximate surface area is 203 Å². The first-order valence-electron chi connectivity index (χ1n) is 10.9. The fourth-order valence-corrected chi connectivity index (χ4v) is 3.73. The van der Waals surface area contributed by atoms with Gasteiger partial charge in [-0.3, -0.25) is 4.79 Å². The van der Waals surface area contributed by atoms with Gasteiger partial charge in [-0.05, 0) is 50.3 Å². The van der Waals surface area contributed by atoms with Gasteiger partial charge in [-0.15, -0.1) is 0 Å².